The Bertz CT molecular complexity index is 962. The zero-order chi connectivity index (χ0) is 20.5. The quantitative estimate of drug-likeness (QED) is 0.530. The van der Waals surface area contributed by atoms with E-state index in [4.69, 9.17) is 4.74 Å². The lowest BCUT2D eigenvalue weighted by Gasteiger charge is -2.13. The fourth-order valence-corrected chi connectivity index (χ4v) is 3.11. The predicted molar refractivity (Wildman–Crippen MR) is 116 cm³/mol. The van der Waals surface area contributed by atoms with Crippen LogP contribution < -0.4 is 15.6 Å². The molecular weight excluding hydrogens is 432 g/mol. The molecule has 5 nitrogen and oxygen atoms in total. The van der Waals surface area contributed by atoms with Gasteiger partial charge in [-0.25, -0.2) is 0 Å². The van der Waals surface area contributed by atoms with Crippen LogP contribution in [0.15, 0.2) is 83.3 Å². The summed E-state index contributed by atoms with van der Waals surface area (Å²) in [6.07, 6.45) is 0.909. The minimum Gasteiger partial charge on any atom is -0.492 e. The molecule has 0 atom stereocenters. The van der Waals surface area contributed by atoms with Crippen molar-refractivity contribution in [2.75, 3.05) is 6.61 Å². The molecule has 0 saturated heterocycles. The number of ether oxygens (including phenoxy) is 1. The van der Waals surface area contributed by atoms with Gasteiger partial charge in [-0.1, -0.05) is 76.6 Å². The largest absolute Gasteiger partial charge is 0.492 e. The van der Waals surface area contributed by atoms with Gasteiger partial charge in [0.05, 0.1) is 18.6 Å². The molecule has 0 aromatic heterocycles. The van der Waals surface area contributed by atoms with Crippen LogP contribution in [0.1, 0.15) is 21.5 Å². The molecule has 0 unspecified atom stereocenters. The highest BCUT2D eigenvalue weighted by Crippen LogP contribution is 2.23. The van der Waals surface area contributed by atoms with E-state index in [1.165, 1.54) is 0 Å². The molecular formula is C23H21BrN2O3. The highest BCUT2D eigenvalue weighted by Gasteiger charge is 2.14. The van der Waals surface area contributed by atoms with Crippen LogP contribution in [0.5, 0.6) is 5.75 Å². The first kappa shape index (κ1) is 20.6. The molecule has 6 heteroatoms. The number of nitrogens with one attached hydrogen (secondary N) is 2. The number of halogens is 1. The summed E-state index contributed by atoms with van der Waals surface area (Å²) in [5.41, 5.74) is 7.27. The summed E-state index contributed by atoms with van der Waals surface area (Å²) >= 11 is 3.37. The molecule has 0 spiro atoms. The molecule has 148 valence electrons. The van der Waals surface area contributed by atoms with Crippen molar-refractivity contribution in [2.45, 2.75) is 12.8 Å². The van der Waals surface area contributed by atoms with Crippen LogP contribution >= 0.6 is 15.9 Å². The molecule has 0 radical (unpaired) electrons. The fourth-order valence-electron chi connectivity index (χ4n) is 2.75. The highest BCUT2D eigenvalue weighted by molar-refractivity contribution is 9.10. The summed E-state index contributed by atoms with van der Waals surface area (Å²) in [5, 5.41) is 0. The van der Waals surface area contributed by atoms with E-state index in [0.29, 0.717) is 17.9 Å². The average molecular weight is 453 g/mol. The zero-order valence-corrected chi connectivity index (χ0v) is 17.3. The minimum absolute atomic E-state index is 0.181. The van der Waals surface area contributed by atoms with E-state index in [9.17, 15) is 9.59 Å². The lowest BCUT2D eigenvalue weighted by atomic mass is 10.1. The van der Waals surface area contributed by atoms with E-state index < -0.39 is 5.91 Å². The highest BCUT2D eigenvalue weighted by atomic mass is 79.9. The van der Waals surface area contributed by atoms with Crippen molar-refractivity contribution >= 4 is 27.7 Å². The maximum absolute atomic E-state index is 12.6. The lowest BCUT2D eigenvalue weighted by molar-refractivity contribution is -0.121. The van der Waals surface area contributed by atoms with Gasteiger partial charge in [0.1, 0.15) is 5.75 Å². The van der Waals surface area contributed by atoms with Crippen LogP contribution in [0, 0.1) is 0 Å². The van der Waals surface area contributed by atoms with Crippen LogP contribution in [0.25, 0.3) is 0 Å². The van der Waals surface area contributed by atoms with E-state index >= 15 is 0 Å². The van der Waals surface area contributed by atoms with Gasteiger partial charge in [-0.2, -0.15) is 0 Å². The van der Waals surface area contributed by atoms with Gasteiger partial charge >= 0.3 is 0 Å². The molecule has 0 aliphatic rings. The summed E-state index contributed by atoms with van der Waals surface area (Å²) in [5.74, 6) is -0.285. The standard InChI is InChI=1S/C23H21BrN2O3/c24-19-11-12-21(29-14-13-17-7-3-1-4-8-17)20(16-19)23(28)26-25-22(27)15-18-9-5-2-6-10-18/h1-12,16H,13-15H2,(H,25,27)(H,26,28). The molecule has 0 aliphatic heterocycles. The third-order valence-electron chi connectivity index (χ3n) is 4.20. The summed E-state index contributed by atoms with van der Waals surface area (Å²) in [6.45, 7) is 0.437. The number of rotatable bonds is 7. The molecule has 0 aliphatic carbocycles. The zero-order valence-electron chi connectivity index (χ0n) is 15.7. The Morgan fingerprint density at radius 1 is 0.828 bits per heavy atom. The maximum atomic E-state index is 12.6. The SMILES string of the molecule is O=C(Cc1ccccc1)NNC(=O)c1cc(Br)ccc1OCCc1ccccc1. The number of hydrazine groups is 1. The normalized spacial score (nSPS) is 10.2. The van der Waals surface area contributed by atoms with Crippen molar-refractivity contribution in [1.29, 1.82) is 0 Å². The fraction of sp³-hybridized carbons (Fsp3) is 0.130. The Kier molecular flexibility index (Phi) is 7.41. The van der Waals surface area contributed by atoms with Crippen LogP contribution in [-0.4, -0.2) is 18.4 Å². The van der Waals surface area contributed by atoms with Crippen LogP contribution in [0.2, 0.25) is 0 Å². The number of hydrogen-bond donors (Lipinski definition) is 2. The molecule has 0 fully saturated rings. The molecule has 3 rings (SSSR count). The second-order valence-corrected chi connectivity index (χ2v) is 7.30. The molecule has 3 aromatic rings. The Morgan fingerprint density at radius 3 is 2.17 bits per heavy atom. The first-order chi connectivity index (χ1) is 14.1. The van der Waals surface area contributed by atoms with Crippen molar-refractivity contribution in [3.05, 3.63) is 100 Å². The van der Waals surface area contributed by atoms with E-state index in [0.717, 1.165) is 22.0 Å². The van der Waals surface area contributed by atoms with Crippen molar-refractivity contribution in [3.8, 4) is 5.75 Å². The van der Waals surface area contributed by atoms with Gasteiger partial charge in [0, 0.05) is 10.9 Å². The first-order valence-corrected chi connectivity index (χ1v) is 10.0. The second-order valence-electron chi connectivity index (χ2n) is 6.39. The summed E-state index contributed by atoms with van der Waals surface area (Å²) < 4.78 is 6.57. The number of amides is 2. The van der Waals surface area contributed by atoms with Gasteiger partial charge < -0.3 is 4.74 Å². The molecule has 29 heavy (non-hydrogen) atoms. The monoisotopic (exact) mass is 452 g/mol. The summed E-state index contributed by atoms with van der Waals surface area (Å²) in [6, 6.07) is 24.5. The third kappa shape index (κ3) is 6.47. The van der Waals surface area contributed by atoms with E-state index in [1.54, 1.807) is 12.1 Å². The Balaban J connectivity index is 1.57. The average Bonchev–Trinajstić information content (AvgIpc) is 2.74. The number of carbonyl (C=O) groups excluding carboxylic acids is 2. The van der Waals surface area contributed by atoms with Gasteiger partial charge in [0.2, 0.25) is 5.91 Å². The van der Waals surface area contributed by atoms with Gasteiger partial charge in [-0.3, -0.25) is 20.4 Å². The third-order valence-corrected chi connectivity index (χ3v) is 4.69. The second kappa shape index (κ2) is 10.4. The van der Waals surface area contributed by atoms with Gasteiger partial charge in [0.15, 0.2) is 0 Å². The van der Waals surface area contributed by atoms with Crippen LogP contribution in [0.3, 0.4) is 0 Å². The molecule has 0 heterocycles. The van der Waals surface area contributed by atoms with Crippen molar-refractivity contribution in [1.82, 2.24) is 10.9 Å². The van der Waals surface area contributed by atoms with Crippen LogP contribution in [0.4, 0.5) is 0 Å². The maximum Gasteiger partial charge on any atom is 0.273 e. The van der Waals surface area contributed by atoms with Crippen molar-refractivity contribution < 1.29 is 14.3 Å². The Labute approximate surface area is 178 Å². The topological polar surface area (TPSA) is 67.4 Å². The van der Waals surface area contributed by atoms with E-state index in [2.05, 4.69) is 26.8 Å². The summed E-state index contributed by atoms with van der Waals surface area (Å²) in [7, 11) is 0. The smallest absolute Gasteiger partial charge is 0.273 e. The Morgan fingerprint density at radius 2 is 1.48 bits per heavy atom. The molecule has 2 N–H and O–H groups in total. The van der Waals surface area contributed by atoms with Crippen LogP contribution in [-0.2, 0) is 17.6 Å². The number of carbonyl (C=O) groups is 2. The van der Waals surface area contributed by atoms with E-state index in [1.807, 2.05) is 66.7 Å². The number of benzene rings is 3. The molecule has 0 bridgehead atoms. The minimum atomic E-state index is -0.442. The number of hydrogen-bond acceptors (Lipinski definition) is 3. The van der Waals surface area contributed by atoms with Gasteiger partial charge in [-0.05, 0) is 29.3 Å². The first-order valence-electron chi connectivity index (χ1n) is 9.21. The molecule has 0 saturated carbocycles. The van der Waals surface area contributed by atoms with E-state index in [-0.39, 0.29) is 12.3 Å². The van der Waals surface area contributed by atoms with Gasteiger partial charge in [-0.15, -0.1) is 0 Å². The van der Waals surface area contributed by atoms with Crippen molar-refractivity contribution in [3.63, 3.8) is 0 Å². The molecule has 3 aromatic carbocycles. The van der Waals surface area contributed by atoms with Gasteiger partial charge in [0.25, 0.3) is 5.91 Å². The predicted octanol–water partition coefficient (Wildman–Crippen LogP) is 4.07. The lowest BCUT2D eigenvalue weighted by Crippen LogP contribution is -2.42. The Hall–Kier alpha value is -3.12. The molecule has 2 amide bonds. The summed E-state index contributed by atoms with van der Waals surface area (Å²) in [4.78, 5) is 24.6. The van der Waals surface area contributed by atoms with Crippen molar-refractivity contribution in [2.24, 2.45) is 0 Å².